The van der Waals surface area contributed by atoms with Crippen molar-refractivity contribution in [3.63, 3.8) is 0 Å². The summed E-state index contributed by atoms with van der Waals surface area (Å²) in [4.78, 5) is 11.9. The van der Waals surface area contributed by atoms with Crippen LogP contribution in [0.3, 0.4) is 0 Å². The molecule has 5 heteroatoms. The van der Waals surface area contributed by atoms with Gasteiger partial charge in [0, 0.05) is 17.5 Å². The van der Waals surface area contributed by atoms with E-state index in [1.165, 1.54) is 4.88 Å². The van der Waals surface area contributed by atoms with Crippen molar-refractivity contribution in [2.24, 2.45) is 11.5 Å². The van der Waals surface area contributed by atoms with E-state index in [-0.39, 0.29) is 6.04 Å². The van der Waals surface area contributed by atoms with Gasteiger partial charge in [0.2, 0.25) is 5.91 Å². The number of primary amides is 1. The molecule has 4 nitrogen and oxygen atoms in total. The van der Waals surface area contributed by atoms with E-state index >= 15 is 0 Å². The van der Waals surface area contributed by atoms with Crippen LogP contribution in [0.15, 0.2) is 17.5 Å². The Hall–Kier alpha value is -0.910. The van der Waals surface area contributed by atoms with Gasteiger partial charge in [-0.3, -0.25) is 4.79 Å². The van der Waals surface area contributed by atoms with E-state index in [0.29, 0.717) is 6.54 Å². The Labute approximate surface area is 87.3 Å². The molecular weight excluding hydrogens is 198 g/mol. The van der Waals surface area contributed by atoms with Crippen LogP contribution < -0.4 is 16.8 Å². The lowest BCUT2D eigenvalue weighted by atomic mass is 10.2. The van der Waals surface area contributed by atoms with Crippen LogP contribution in [0.1, 0.15) is 17.8 Å². The van der Waals surface area contributed by atoms with Crippen molar-refractivity contribution in [2.75, 3.05) is 6.54 Å². The highest BCUT2D eigenvalue weighted by molar-refractivity contribution is 7.10. The molecule has 0 aliphatic heterocycles. The molecule has 0 saturated heterocycles. The number of carbonyl (C=O) groups excluding carboxylic acids is 1. The zero-order valence-corrected chi connectivity index (χ0v) is 8.88. The van der Waals surface area contributed by atoms with Crippen molar-refractivity contribution in [1.29, 1.82) is 0 Å². The molecule has 0 bridgehead atoms. The second kappa shape index (κ2) is 5.09. The van der Waals surface area contributed by atoms with E-state index in [1.807, 2.05) is 24.4 Å². The minimum atomic E-state index is -0.614. The van der Waals surface area contributed by atoms with Crippen molar-refractivity contribution in [3.05, 3.63) is 22.4 Å². The first-order valence-corrected chi connectivity index (χ1v) is 5.31. The van der Waals surface area contributed by atoms with Crippen molar-refractivity contribution in [1.82, 2.24) is 5.32 Å². The molecule has 78 valence electrons. The van der Waals surface area contributed by atoms with Gasteiger partial charge in [-0.25, -0.2) is 0 Å². The fraction of sp³-hybridized carbons (Fsp3) is 0.444. The Morgan fingerprint density at radius 3 is 2.93 bits per heavy atom. The second-order valence-electron chi connectivity index (χ2n) is 3.15. The van der Waals surface area contributed by atoms with Gasteiger partial charge >= 0.3 is 0 Å². The fourth-order valence-corrected chi connectivity index (χ4v) is 1.80. The molecule has 0 aliphatic carbocycles. The van der Waals surface area contributed by atoms with Gasteiger partial charge in [0.25, 0.3) is 0 Å². The Kier molecular flexibility index (Phi) is 4.06. The van der Waals surface area contributed by atoms with Gasteiger partial charge in [0.1, 0.15) is 0 Å². The highest BCUT2D eigenvalue weighted by Crippen LogP contribution is 2.17. The number of hydrogen-bond donors (Lipinski definition) is 3. The SMILES string of the molecule is CC(NCC(N)C(N)=O)c1cccs1. The molecule has 2 unspecified atom stereocenters. The summed E-state index contributed by atoms with van der Waals surface area (Å²) in [5.74, 6) is -0.476. The fourth-order valence-electron chi connectivity index (χ4n) is 1.04. The highest BCUT2D eigenvalue weighted by Gasteiger charge is 2.11. The van der Waals surface area contributed by atoms with Crippen LogP contribution in [0.4, 0.5) is 0 Å². The Balaban J connectivity index is 2.35. The van der Waals surface area contributed by atoms with Crippen molar-refractivity contribution < 1.29 is 4.79 Å². The Morgan fingerprint density at radius 2 is 2.43 bits per heavy atom. The summed E-state index contributed by atoms with van der Waals surface area (Å²) in [5.41, 5.74) is 10.5. The summed E-state index contributed by atoms with van der Waals surface area (Å²) in [7, 11) is 0. The lowest BCUT2D eigenvalue weighted by Gasteiger charge is -2.14. The molecule has 1 rings (SSSR count). The first-order valence-electron chi connectivity index (χ1n) is 4.43. The van der Waals surface area contributed by atoms with Gasteiger partial charge in [0.15, 0.2) is 0 Å². The van der Waals surface area contributed by atoms with Crippen LogP contribution in [-0.2, 0) is 4.79 Å². The lowest BCUT2D eigenvalue weighted by molar-refractivity contribution is -0.119. The monoisotopic (exact) mass is 213 g/mol. The van der Waals surface area contributed by atoms with Gasteiger partial charge in [-0.15, -0.1) is 11.3 Å². The molecule has 0 spiro atoms. The van der Waals surface area contributed by atoms with Crippen LogP contribution in [0.25, 0.3) is 0 Å². The van der Waals surface area contributed by atoms with Crippen molar-refractivity contribution in [3.8, 4) is 0 Å². The molecule has 0 fully saturated rings. The van der Waals surface area contributed by atoms with Gasteiger partial charge in [-0.05, 0) is 18.4 Å². The largest absolute Gasteiger partial charge is 0.368 e. The first-order chi connectivity index (χ1) is 6.61. The smallest absolute Gasteiger partial charge is 0.235 e. The predicted molar refractivity (Wildman–Crippen MR) is 57.9 cm³/mol. The van der Waals surface area contributed by atoms with Crippen LogP contribution in [0.5, 0.6) is 0 Å². The summed E-state index contributed by atoms with van der Waals surface area (Å²) in [6, 6.07) is 3.63. The van der Waals surface area contributed by atoms with Gasteiger partial charge in [-0.2, -0.15) is 0 Å². The molecule has 1 amide bonds. The van der Waals surface area contributed by atoms with Gasteiger partial charge in [0.05, 0.1) is 6.04 Å². The normalized spacial score (nSPS) is 15.0. The van der Waals surface area contributed by atoms with Crippen LogP contribution in [0.2, 0.25) is 0 Å². The van der Waals surface area contributed by atoms with Crippen molar-refractivity contribution >= 4 is 17.2 Å². The molecule has 1 aromatic rings. The van der Waals surface area contributed by atoms with Crippen LogP contribution in [0, 0.1) is 0 Å². The number of hydrogen-bond acceptors (Lipinski definition) is 4. The molecule has 1 aromatic heterocycles. The topological polar surface area (TPSA) is 81.1 Å². The number of rotatable bonds is 5. The molecule has 5 N–H and O–H groups in total. The van der Waals surface area contributed by atoms with E-state index < -0.39 is 11.9 Å². The zero-order chi connectivity index (χ0) is 10.6. The number of amides is 1. The zero-order valence-electron chi connectivity index (χ0n) is 8.07. The third kappa shape index (κ3) is 3.10. The molecule has 1 heterocycles. The van der Waals surface area contributed by atoms with E-state index in [0.717, 1.165) is 0 Å². The number of carbonyl (C=O) groups is 1. The number of nitrogens with two attached hydrogens (primary N) is 2. The van der Waals surface area contributed by atoms with E-state index in [9.17, 15) is 4.79 Å². The Bertz CT molecular complexity index is 286. The number of nitrogens with one attached hydrogen (secondary N) is 1. The third-order valence-electron chi connectivity index (χ3n) is 1.98. The van der Waals surface area contributed by atoms with Gasteiger partial charge < -0.3 is 16.8 Å². The standard InChI is InChI=1S/C9H15N3OS/c1-6(8-3-2-4-14-8)12-5-7(10)9(11)13/h2-4,6-7,12H,5,10H2,1H3,(H2,11,13). The summed E-state index contributed by atoms with van der Waals surface area (Å²) in [5, 5.41) is 5.17. The molecule has 0 aliphatic rings. The highest BCUT2D eigenvalue weighted by atomic mass is 32.1. The second-order valence-corrected chi connectivity index (χ2v) is 4.13. The van der Waals surface area contributed by atoms with Crippen LogP contribution >= 0.6 is 11.3 Å². The van der Waals surface area contributed by atoms with Crippen molar-refractivity contribution in [2.45, 2.75) is 19.0 Å². The molecule has 0 radical (unpaired) electrons. The maximum Gasteiger partial charge on any atom is 0.235 e. The predicted octanol–water partition coefficient (Wildman–Crippen LogP) is 0.211. The van der Waals surface area contributed by atoms with E-state index in [2.05, 4.69) is 5.32 Å². The molecule has 2 atom stereocenters. The molecule has 14 heavy (non-hydrogen) atoms. The summed E-state index contributed by atoms with van der Waals surface area (Å²) < 4.78 is 0. The average molecular weight is 213 g/mol. The molecule has 0 saturated carbocycles. The maximum atomic E-state index is 10.7. The molecule has 0 aromatic carbocycles. The minimum absolute atomic E-state index is 0.209. The summed E-state index contributed by atoms with van der Waals surface area (Å²) in [6.45, 7) is 2.44. The third-order valence-corrected chi connectivity index (χ3v) is 3.03. The number of thiophene rings is 1. The maximum absolute atomic E-state index is 10.7. The Morgan fingerprint density at radius 1 is 1.71 bits per heavy atom. The lowest BCUT2D eigenvalue weighted by Crippen LogP contribution is -2.44. The average Bonchev–Trinajstić information content (AvgIpc) is 2.66. The van der Waals surface area contributed by atoms with Crippen LogP contribution in [-0.4, -0.2) is 18.5 Å². The minimum Gasteiger partial charge on any atom is -0.368 e. The van der Waals surface area contributed by atoms with E-state index in [4.69, 9.17) is 11.5 Å². The first kappa shape index (κ1) is 11.2. The summed E-state index contributed by atoms with van der Waals surface area (Å²) >= 11 is 1.67. The van der Waals surface area contributed by atoms with E-state index in [1.54, 1.807) is 11.3 Å². The molecular formula is C9H15N3OS. The van der Waals surface area contributed by atoms with Gasteiger partial charge in [-0.1, -0.05) is 6.07 Å². The summed E-state index contributed by atoms with van der Waals surface area (Å²) in [6.07, 6.45) is 0. The quantitative estimate of drug-likeness (QED) is 0.654.